The van der Waals surface area contributed by atoms with Crippen LogP contribution in [-0.4, -0.2) is 39.9 Å². The van der Waals surface area contributed by atoms with E-state index in [0.29, 0.717) is 0 Å². The van der Waals surface area contributed by atoms with Crippen LogP contribution in [0.2, 0.25) is 19.0 Å². The van der Waals surface area contributed by atoms with Crippen LogP contribution in [0.25, 0.3) is 0 Å². The van der Waals surface area contributed by atoms with Crippen LogP contribution in [0.5, 0.6) is 0 Å². The van der Waals surface area contributed by atoms with Gasteiger partial charge in [0.15, 0.2) is 6.71 Å². The predicted octanol–water partition coefficient (Wildman–Crippen LogP) is -3.15. The Morgan fingerprint density at radius 3 is 1.21 bits per heavy atom. The zero-order valence-electron chi connectivity index (χ0n) is 8.77. The smallest absolute Gasteiger partial charge is 1.00 e. The van der Waals surface area contributed by atoms with Crippen molar-refractivity contribution in [3.8, 4) is 0 Å². The van der Waals surface area contributed by atoms with Gasteiger partial charge in [0, 0.05) is 19.0 Å². The van der Waals surface area contributed by atoms with Gasteiger partial charge in [-0.15, -0.1) is 0 Å². The molecule has 0 aliphatic rings. The molecule has 0 heterocycles. The Kier molecular flexibility index (Phi) is 8.92. The van der Waals surface area contributed by atoms with Gasteiger partial charge in [-0.25, -0.2) is 0 Å². The predicted molar refractivity (Wildman–Crippen MR) is 44.2 cm³/mol. The second-order valence-electron chi connectivity index (χ2n) is 2.66. The minimum atomic E-state index is -1.19. The van der Waals surface area contributed by atoms with Crippen LogP contribution in [-0.2, 0) is 14.4 Å². The van der Waals surface area contributed by atoms with Gasteiger partial charge >= 0.3 is 29.6 Å². The summed E-state index contributed by atoms with van der Waals surface area (Å²) >= 11 is 0. The third-order valence-electron chi connectivity index (χ3n) is 1.39. The Bertz CT molecular complexity index is 198. The molecule has 0 radical (unpaired) electrons. The third-order valence-corrected chi connectivity index (χ3v) is 1.39. The summed E-state index contributed by atoms with van der Waals surface area (Å²) in [6.45, 7) is -0.840. The SMILES string of the molecule is O=C(O)CB(CC(=O)O)CC(=O)O.[H-].[Na+]. The van der Waals surface area contributed by atoms with E-state index in [0.717, 1.165) is 0 Å². The number of carboxylic acids is 3. The largest absolute Gasteiger partial charge is 1.00 e. The van der Waals surface area contributed by atoms with E-state index in [9.17, 15) is 14.4 Å². The van der Waals surface area contributed by atoms with Gasteiger partial charge in [0.25, 0.3) is 17.9 Å². The number of hydrogen-bond acceptors (Lipinski definition) is 3. The number of hydrogen-bond donors (Lipinski definition) is 3. The summed E-state index contributed by atoms with van der Waals surface area (Å²) in [4.78, 5) is 30.6. The molecule has 0 rings (SSSR count). The van der Waals surface area contributed by atoms with Gasteiger partial charge in [-0.3, -0.25) is 14.4 Å². The molecule has 0 fully saturated rings. The molecular formula is C6H10BNaO6. The van der Waals surface area contributed by atoms with Crippen LogP contribution in [0.4, 0.5) is 0 Å². The standard InChI is InChI=1S/C6H9BO6.Na.H/c8-4(9)1-7(2-5(10)11)3-6(12)13;;/h1-3H2,(H,8,9)(H,10,11)(H,12,13);;/q;+1;-1. The summed E-state index contributed by atoms with van der Waals surface area (Å²) in [7, 11) is 0. The normalized spacial score (nSPS) is 8.57. The van der Waals surface area contributed by atoms with Crippen molar-refractivity contribution < 1.29 is 60.7 Å². The molecule has 0 aliphatic carbocycles. The fourth-order valence-corrected chi connectivity index (χ4v) is 0.957. The summed E-state index contributed by atoms with van der Waals surface area (Å²) in [5.74, 6) is -3.56. The zero-order valence-corrected chi connectivity index (χ0v) is 9.77. The van der Waals surface area contributed by atoms with Gasteiger partial charge in [-0.05, 0) is 0 Å². The molecule has 0 unspecified atom stereocenters. The Balaban J connectivity index is -0.000000720. The molecule has 0 aromatic carbocycles. The van der Waals surface area contributed by atoms with E-state index in [1.54, 1.807) is 0 Å². The maximum atomic E-state index is 10.2. The van der Waals surface area contributed by atoms with Gasteiger partial charge in [-0.1, -0.05) is 0 Å². The topological polar surface area (TPSA) is 112 Å². The monoisotopic (exact) mass is 212 g/mol. The first-order chi connectivity index (χ1) is 5.91. The van der Waals surface area contributed by atoms with Crippen molar-refractivity contribution >= 4 is 24.6 Å². The van der Waals surface area contributed by atoms with Crippen molar-refractivity contribution in [1.82, 2.24) is 0 Å². The molecule has 8 heteroatoms. The van der Waals surface area contributed by atoms with Crippen LogP contribution >= 0.6 is 0 Å². The van der Waals surface area contributed by atoms with E-state index in [2.05, 4.69) is 0 Å². The van der Waals surface area contributed by atoms with E-state index in [4.69, 9.17) is 15.3 Å². The fourth-order valence-electron chi connectivity index (χ4n) is 0.957. The molecule has 6 nitrogen and oxygen atoms in total. The third kappa shape index (κ3) is 9.56. The average molecular weight is 212 g/mol. The van der Waals surface area contributed by atoms with Crippen molar-refractivity contribution in [1.29, 1.82) is 0 Å². The van der Waals surface area contributed by atoms with Gasteiger partial charge in [0.2, 0.25) is 0 Å². The molecule has 0 atom stereocenters. The van der Waals surface area contributed by atoms with Crippen LogP contribution in [0.3, 0.4) is 0 Å². The Morgan fingerprint density at radius 1 is 0.857 bits per heavy atom. The number of aliphatic carboxylic acids is 3. The first-order valence-electron chi connectivity index (χ1n) is 3.57. The first-order valence-corrected chi connectivity index (χ1v) is 3.57. The van der Waals surface area contributed by atoms with E-state index in [1.165, 1.54) is 0 Å². The van der Waals surface area contributed by atoms with E-state index in [1.807, 2.05) is 0 Å². The number of rotatable bonds is 6. The molecular weight excluding hydrogens is 202 g/mol. The molecule has 3 N–H and O–H groups in total. The van der Waals surface area contributed by atoms with E-state index < -0.39 is 43.6 Å². The molecule has 0 spiro atoms. The minimum absolute atomic E-state index is 0. The quantitative estimate of drug-likeness (QED) is 0.401. The van der Waals surface area contributed by atoms with Gasteiger partial charge < -0.3 is 16.7 Å². The molecule has 0 aromatic heterocycles. The van der Waals surface area contributed by atoms with Crippen LogP contribution in [0.15, 0.2) is 0 Å². The summed E-state index contributed by atoms with van der Waals surface area (Å²) in [6.07, 6.45) is -1.30. The number of carbonyl (C=O) groups is 3. The maximum Gasteiger partial charge on any atom is 1.00 e. The molecule has 0 saturated carbocycles. The summed E-state index contributed by atoms with van der Waals surface area (Å²) < 4.78 is 0. The van der Waals surface area contributed by atoms with Gasteiger partial charge in [0.05, 0.1) is 0 Å². The number of carboxylic acid groups (broad SMARTS) is 3. The maximum absolute atomic E-state index is 10.2. The van der Waals surface area contributed by atoms with E-state index in [-0.39, 0.29) is 31.0 Å². The second kappa shape index (κ2) is 7.84. The molecule has 14 heavy (non-hydrogen) atoms. The second-order valence-corrected chi connectivity index (χ2v) is 2.66. The molecule has 0 aliphatic heterocycles. The summed E-state index contributed by atoms with van der Waals surface area (Å²) in [6, 6.07) is 0. The molecule has 0 aromatic rings. The molecule has 0 bridgehead atoms. The van der Waals surface area contributed by atoms with Crippen LogP contribution < -0.4 is 29.6 Å². The van der Waals surface area contributed by atoms with Crippen molar-refractivity contribution in [2.24, 2.45) is 0 Å². The molecule has 0 amide bonds. The van der Waals surface area contributed by atoms with Crippen molar-refractivity contribution in [2.45, 2.75) is 19.0 Å². The summed E-state index contributed by atoms with van der Waals surface area (Å²) in [5.41, 5.74) is 0. The molecule has 0 saturated heterocycles. The average Bonchev–Trinajstić information content (AvgIpc) is 1.80. The van der Waals surface area contributed by atoms with Crippen molar-refractivity contribution in [3.63, 3.8) is 0 Å². The molecule has 74 valence electrons. The van der Waals surface area contributed by atoms with Gasteiger partial charge in [-0.2, -0.15) is 0 Å². The van der Waals surface area contributed by atoms with Crippen molar-refractivity contribution in [2.75, 3.05) is 0 Å². The minimum Gasteiger partial charge on any atom is -1.00 e. The fraction of sp³-hybridized carbons (Fsp3) is 0.500. The van der Waals surface area contributed by atoms with Crippen LogP contribution in [0.1, 0.15) is 1.43 Å². The summed E-state index contributed by atoms with van der Waals surface area (Å²) in [5, 5.41) is 25.0. The van der Waals surface area contributed by atoms with Crippen LogP contribution in [0, 0.1) is 0 Å². The Hall–Kier alpha value is -0.525. The Morgan fingerprint density at radius 2 is 1.07 bits per heavy atom. The van der Waals surface area contributed by atoms with E-state index >= 15 is 0 Å². The first kappa shape index (κ1) is 15.9. The Labute approximate surface area is 104 Å². The zero-order chi connectivity index (χ0) is 10.4. The van der Waals surface area contributed by atoms with Crippen molar-refractivity contribution in [3.05, 3.63) is 0 Å². The van der Waals surface area contributed by atoms with Gasteiger partial charge in [0.1, 0.15) is 0 Å².